The van der Waals surface area contributed by atoms with Gasteiger partial charge in [-0.3, -0.25) is 0 Å². The lowest BCUT2D eigenvalue weighted by Gasteiger charge is -2.13. The molecular weight excluding hydrogens is 224 g/mol. The molecule has 0 heterocycles. The van der Waals surface area contributed by atoms with Crippen LogP contribution in [0.1, 0.15) is 11.1 Å². The molecule has 3 nitrogen and oxygen atoms in total. The van der Waals surface area contributed by atoms with Crippen LogP contribution in [0.5, 0.6) is 5.75 Å². The molecule has 18 heavy (non-hydrogen) atoms. The van der Waals surface area contributed by atoms with Gasteiger partial charge in [-0.05, 0) is 43.2 Å². The molecule has 3 N–H and O–H groups in total. The molecule has 0 saturated carbocycles. The van der Waals surface area contributed by atoms with E-state index in [-0.39, 0.29) is 0 Å². The smallest absolute Gasteiger partial charge is 0.143 e. The number of hydrogen-bond acceptors (Lipinski definition) is 3. The molecule has 0 aliphatic rings. The van der Waals surface area contributed by atoms with Crippen LogP contribution in [0.15, 0.2) is 36.4 Å². The summed E-state index contributed by atoms with van der Waals surface area (Å²) >= 11 is 0. The predicted molar refractivity (Wildman–Crippen MR) is 76.6 cm³/mol. The average Bonchev–Trinajstić information content (AvgIpc) is 2.37. The number of hydrogen-bond donors (Lipinski definition) is 2. The third kappa shape index (κ3) is 2.40. The molecule has 0 unspecified atom stereocenters. The number of nitrogens with one attached hydrogen (secondary N) is 1. The number of nitrogens with two attached hydrogens (primary N) is 1. The Labute approximate surface area is 108 Å². The molecule has 0 aromatic heterocycles. The van der Waals surface area contributed by atoms with Crippen molar-refractivity contribution < 1.29 is 4.74 Å². The van der Waals surface area contributed by atoms with Crippen LogP contribution < -0.4 is 15.8 Å². The minimum atomic E-state index is 0.643. The van der Waals surface area contributed by atoms with Gasteiger partial charge in [-0.2, -0.15) is 0 Å². The summed E-state index contributed by atoms with van der Waals surface area (Å²) in [6.07, 6.45) is 0. The van der Waals surface area contributed by atoms with Crippen LogP contribution in [0.4, 0.5) is 17.1 Å². The maximum Gasteiger partial charge on any atom is 0.143 e. The molecular formula is C15H18N2O. The molecule has 0 radical (unpaired) electrons. The van der Waals surface area contributed by atoms with E-state index in [0.29, 0.717) is 11.4 Å². The van der Waals surface area contributed by atoms with Crippen LogP contribution in [0.2, 0.25) is 0 Å². The number of rotatable bonds is 3. The van der Waals surface area contributed by atoms with Gasteiger partial charge in [0, 0.05) is 17.4 Å². The Morgan fingerprint density at radius 1 is 1.11 bits per heavy atom. The number of methoxy groups -OCH3 is 1. The Balaban J connectivity index is 2.31. The minimum Gasteiger partial charge on any atom is -0.495 e. The standard InChI is InChI=1S/C15H18N2O/c1-10-5-4-6-14(11(10)2)17-12-7-8-13(16)15(9-12)18-3/h4-9,17H,16H2,1-3H3. The lowest BCUT2D eigenvalue weighted by atomic mass is 10.1. The first-order valence-electron chi connectivity index (χ1n) is 5.88. The summed E-state index contributed by atoms with van der Waals surface area (Å²) in [5.41, 5.74) is 11.0. The van der Waals surface area contributed by atoms with Crippen molar-refractivity contribution in [2.24, 2.45) is 0 Å². The lowest BCUT2D eigenvalue weighted by molar-refractivity contribution is 0.417. The molecule has 0 bridgehead atoms. The van der Waals surface area contributed by atoms with E-state index in [2.05, 4.69) is 31.3 Å². The fourth-order valence-electron chi connectivity index (χ4n) is 1.83. The van der Waals surface area contributed by atoms with E-state index in [1.54, 1.807) is 7.11 Å². The fraction of sp³-hybridized carbons (Fsp3) is 0.200. The van der Waals surface area contributed by atoms with Gasteiger partial charge in [0.1, 0.15) is 5.75 Å². The summed E-state index contributed by atoms with van der Waals surface area (Å²) in [7, 11) is 1.62. The lowest BCUT2D eigenvalue weighted by Crippen LogP contribution is -1.97. The van der Waals surface area contributed by atoms with Crippen molar-refractivity contribution in [3.8, 4) is 5.75 Å². The van der Waals surface area contributed by atoms with Crippen LogP contribution in [0.3, 0.4) is 0 Å². The summed E-state index contributed by atoms with van der Waals surface area (Å²) in [5, 5.41) is 3.38. The van der Waals surface area contributed by atoms with Crippen LogP contribution in [-0.2, 0) is 0 Å². The van der Waals surface area contributed by atoms with Crippen molar-refractivity contribution in [1.29, 1.82) is 0 Å². The van der Waals surface area contributed by atoms with E-state index in [4.69, 9.17) is 10.5 Å². The van der Waals surface area contributed by atoms with Crippen molar-refractivity contribution in [2.75, 3.05) is 18.2 Å². The highest BCUT2D eigenvalue weighted by Gasteiger charge is 2.04. The number of anilines is 3. The first-order chi connectivity index (χ1) is 8.61. The van der Waals surface area contributed by atoms with Gasteiger partial charge in [-0.25, -0.2) is 0 Å². The number of aryl methyl sites for hydroxylation is 1. The summed E-state index contributed by atoms with van der Waals surface area (Å²) in [4.78, 5) is 0. The van der Waals surface area contributed by atoms with Gasteiger partial charge in [0.15, 0.2) is 0 Å². The average molecular weight is 242 g/mol. The van der Waals surface area contributed by atoms with E-state index >= 15 is 0 Å². The topological polar surface area (TPSA) is 47.3 Å². The van der Waals surface area contributed by atoms with Gasteiger partial charge < -0.3 is 15.8 Å². The second kappa shape index (κ2) is 5.00. The summed E-state index contributed by atoms with van der Waals surface area (Å²) < 4.78 is 5.21. The first kappa shape index (κ1) is 12.3. The van der Waals surface area contributed by atoms with Crippen molar-refractivity contribution >= 4 is 17.1 Å². The van der Waals surface area contributed by atoms with Crippen molar-refractivity contribution in [2.45, 2.75) is 13.8 Å². The zero-order valence-electron chi connectivity index (χ0n) is 10.9. The van der Waals surface area contributed by atoms with E-state index in [1.165, 1.54) is 11.1 Å². The van der Waals surface area contributed by atoms with Gasteiger partial charge >= 0.3 is 0 Å². The highest BCUT2D eigenvalue weighted by atomic mass is 16.5. The van der Waals surface area contributed by atoms with Gasteiger partial charge in [-0.1, -0.05) is 12.1 Å². The summed E-state index contributed by atoms with van der Waals surface area (Å²) in [5.74, 6) is 0.685. The number of benzene rings is 2. The van der Waals surface area contributed by atoms with Gasteiger partial charge in [0.25, 0.3) is 0 Å². The molecule has 0 amide bonds. The Morgan fingerprint density at radius 3 is 2.61 bits per heavy atom. The van der Waals surface area contributed by atoms with E-state index < -0.39 is 0 Å². The molecule has 2 aromatic rings. The Bertz CT molecular complexity index is 564. The molecule has 0 atom stereocenters. The minimum absolute atomic E-state index is 0.643. The Morgan fingerprint density at radius 2 is 1.89 bits per heavy atom. The van der Waals surface area contributed by atoms with Crippen molar-refractivity contribution in [3.05, 3.63) is 47.5 Å². The van der Waals surface area contributed by atoms with Crippen LogP contribution in [0, 0.1) is 13.8 Å². The summed E-state index contributed by atoms with van der Waals surface area (Å²) in [6.45, 7) is 4.20. The van der Waals surface area contributed by atoms with Gasteiger partial charge in [0.05, 0.1) is 12.8 Å². The maximum atomic E-state index is 5.79. The molecule has 0 aliphatic carbocycles. The second-order valence-electron chi connectivity index (χ2n) is 4.33. The Kier molecular flexibility index (Phi) is 3.42. The van der Waals surface area contributed by atoms with Gasteiger partial charge in [-0.15, -0.1) is 0 Å². The first-order valence-corrected chi connectivity index (χ1v) is 5.88. The summed E-state index contributed by atoms with van der Waals surface area (Å²) in [6, 6.07) is 11.9. The normalized spacial score (nSPS) is 10.2. The van der Waals surface area contributed by atoms with E-state index in [9.17, 15) is 0 Å². The number of nitrogen functional groups attached to an aromatic ring is 1. The molecule has 94 valence electrons. The number of ether oxygens (including phenoxy) is 1. The molecule has 2 rings (SSSR count). The highest BCUT2D eigenvalue weighted by molar-refractivity contribution is 5.69. The molecule has 3 heteroatoms. The quantitative estimate of drug-likeness (QED) is 0.808. The van der Waals surface area contributed by atoms with E-state index in [0.717, 1.165) is 11.4 Å². The zero-order chi connectivity index (χ0) is 13.1. The molecule has 0 fully saturated rings. The largest absolute Gasteiger partial charge is 0.495 e. The third-order valence-electron chi connectivity index (χ3n) is 3.12. The van der Waals surface area contributed by atoms with Crippen LogP contribution >= 0.6 is 0 Å². The molecule has 0 spiro atoms. The predicted octanol–water partition coefficient (Wildman–Crippen LogP) is 3.64. The second-order valence-corrected chi connectivity index (χ2v) is 4.33. The molecule has 0 saturated heterocycles. The van der Waals surface area contributed by atoms with E-state index in [1.807, 2.05) is 24.3 Å². The fourth-order valence-corrected chi connectivity index (χ4v) is 1.83. The monoisotopic (exact) mass is 242 g/mol. The molecule has 2 aromatic carbocycles. The van der Waals surface area contributed by atoms with Crippen molar-refractivity contribution in [1.82, 2.24) is 0 Å². The van der Waals surface area contributed by atoms with Crippen LogP contribution in [-0.4, -0.2) is 7.11 Å². The zero-order valence-corrected chi connectivity index (χ0v) is 10.9. The maximum absolute atomic E-state index is 5.79. The van der Waals surface area contributed by atoms with Gasteiger partial charge in [0.2, 0.25) is 0 Å². The SMILES string of the molecule is COc1cc(Nc2cccc(C)c2C)ccc1N. The molecule has 0 aliphatic heterocycles. The van der Waals surface area contributed by atoms with Crippen LogP contribution in [0.25, 0.3) is 0 Å². The third-order valence-corrected chi connectivity index (χ3v) is 3.12. The van der Waals surface area contributed by atoms with Crippen molar-refractivity contribution in [3.63, 3.8) is 0 Å². The highest BCUT2D eigenvalue weighted by Crippen LogP contribution is 2.28. The Hall–Kier alpha value is -2.16.